The fourth-order valence-corrected chi connectivity index (χ4v) is 2.33. The Morgan fingerprint density at radius 3 is 2.64 bits per heavy atom. The van der Waals surface area contributed by atoms with Gasteiger partial charge in [0.1, 0.15) is 0 Å². The van der Waals surface area contributed by atoms with Crippen LogP contribution in [0.3, 0.4) is 0 Å². The van der Waals surface area contributed by atoms with Crippen LogP contribution in [0.5, 0.6) is 11.5 Å². The molecule has 1 aromatic heterocycles. The molecule has 0 saturated carbocycles. The van der Waals surface area contributed by atoms with Crippen molar-refractivity contribution in [3.8, 4) is 34.3 Å². The molecular formula is C16H8F2N2O5. The van der Waals surface area contributed by atoms with E-state index in [4.69, 9.17) is 9.63 Å². The second kappa shape index (κ2) is 5.26. The molecule has 3 aromatic rings. The summed E-state index contributed by atoms with van der Waals surface area (Å²) in [6.07, 6.45) is -3.71. The fraction of sp³-hybridized carbons (Fsp3) is 0.0625. The number of aromatic carboxylic acids is 1. The van der Waals surface area contributed by atoms with Gasteiger partial charge < -0.3 is 19.1 Å². The summed E-state index contributed by atoms with van der Waals surface area (Å²) in [6.45, 7) is 0. The van der Waals surface area contributed by atoms with Crippen LogP contribution in [0.15, 0.2) is 47.0 Å². The summed E-state index contributed by atoms with van der Waals surface area (Å²) in [6, 6.07) is 10.1. The van der Waals surface area contributed by atoms with Crippen molar-refractivity contribution in [2.24, 2.45) is 0 Å². The second-order valence-electron chi connectivity index (χ2n) is 5.14. The highest BCUT2D eigenvalue weighted by molar-refractivity contribution is 5.89. The molecule has 0 radical (unpaired) electrons. The summed E-state index contributed by atoms with van der Waals surface area (Å²) in [5, 5.41) is 12.8. The molecule has 0 atom stereocenters. The van der Waals surface area contributed by atoms with E-state index in [-0.39, 0.29) is 28.8 Å². The number of halogens is 2. The van der Waals surface area contributed by atoms with Gasteiger partial charge in [-0.2, -0.15) is 4.98 Å². The van der Waals surface area contributed by atoms with Gasteiger partial charge in [0.25, 0.3) is 5.89 Å². The number of hydrogen-bond donors (Lipinski definition) is 1. The quantitative estimate of drug-likeness (QED) is 0.776. The van der Waals surface area contributed by atoms with Gasteiger partial charge >= 0.3 is 12.3 Å². The van der Waals surface area contributed by atoms with Crippen LogP contribution < -0.4 is 9.47 Å². The van der Waals surface area contributed by atoms with Crippen LogP contribution in [0.2, 0.25) is 0 Å². The first-order valence-electron chi connectivity index (χ1n) is 6.99. The molecule has 1 aliphatic rings. The maximum absolute atomic E-state index is 13.1. The molecule has 1 aliphatic heterocycles. The fourth-order valence-electron chi connectivity index (χ4n) is 2.33. The summed E-state index contributed by atoms with van der Waals surface area (Å²) >= 11 is 0. The minimum absolute atomic E-state index is 0.0670. The van der Waals surface area contributed by atoms with Gasteiger partial charge in [0, 0.05) is 11.1 Å². The van der Waals surface area contributed by atoms with Crippen LogP contribution in [0, 0.1) is 0 Å². The maximum atomic E-state index is 13.1. The van der Waals surface area contributed by atoms with E-state index in [1.54, 1.807) is 12.1 Å². The molecule has 0 amide bonds. The zero-order valence-corrected chi connectivity index (χ0v) is 12.3. The lowest BCUT2D eigenvalue weighted by Gasteiger charge is -2.04. The van der Waals surface area contributed by atoms with E-state index in [9.17, 15) is 13.6 Å². The summed E-state index contributed by atoms with van der Waals surface area (Å²) in [7, 11) is 0. The van der Waals surface area contributed by atoms with E-state index >= 15 is 0 Å². The number of fused-ring (bicyclic) bond motifs is 1. The van der Waals surface area contributed by atoms with Gasteiger partial charge in [-0.05, 0) is 30.3 Å². The van der Waals surface area contributed by atoms with Crippen LogP contribution in [0.4, 0.5) is 8.78 Å². The first-order valence-corrected chi connectivity index (χ1v) is 6.99. The normalized spacial score (nSPS) is 14.5. The number of hydrogen-bond acceptors (Lipinski definition) is 6. The summed E-state index contributed by atoms with van der Waals surface area (Å²) in [5.41, 5.74) is 0.879. The summed E-state index contributed by atoms with van der Waals surface area (Å²) < 4.78 is 39.9. The zero-order valence-electron chi connectivity index (χ0n) is 12.3. The summed E-state index contributed by atoms with van der Waals surface area (Å²) in [5.74, 6) is -1.08. The highest BCUT2D eigenvalue weighted by Gasteiger charge is 2.43. The van der Waals surface area contributed by atoms with E-state index in [0.717, 1.165) is 0 Å². The number of carboxylic acid groups (broad SMARTS) is 1. The third-order valence-corrected chi connectivity index (χ3v) is 3.44. The van der Waals surface area contributed by atoms with Crippen LogP contribution in [0.25, 0.3) is 22.8 Å². The third kappa shape index (κ3) is 2.75. The van der Waals surface area contributed by atoms with Gasteiger partial charge in [-0.1, -0.05) is 17.3 Å². The lowest BCUT2D eigenvalue weighted by atomic mass is 10.1. The molecule has 7 nitrogen and oxygen atoms in total. The van der Waals surface area contributed by atoms with Gasteiger partial charge in [-0.25, -0.2) is 4.79 Å². The Morgan fingerprint density at radius 2 is 1.84 bits per heavy atom. The van der Waals surface area contributed by atoms with Gasteiger partial charge in [0.2, 0.25) is 5.82 Å². The third-order valence-electron chi connectivity index (χ3n) is 3.44. The van der Waals surface area contributed by atoms with Crippen molar-refractivity contribution in [3.05, 3.63) is 48.0 Å². The molecule has 4 rings (SSSR count). The molecule has 2 aromatic carbocycles. The molecule has 0 unspecified atom stereocenters. The van der Waals surface area contributed by atoms with Crippen molar-refractivity contribution < 1.29 is 32.7 Å². The number of carbonyl (C=O) groups is 1. The van der Waals surface area contributed by atoms with Crippen molar-refractivity contribution in [1.82, 2.24) is 10.1 Å². The predicted molar refractivity (Wildman–Crippen MR) is 78.3 cm³/mol. The first kappa shape index (κ1) is 15.1. The first-order chi connectivity index (χ1) is 11.9. The Hall–Kier alpha value is -3.49. The SMILES string of the molecule is O=C(O)c1cccc(-c2noc(-c3ccc4c(c3)OC(F)(F)O4)n2)c1. The predicted octanol–water partition coefficient (Wildman–Crippen LogP) is 3.42. The van der Waals surface area contributed by atoms with E-state index in [1.807, 2.05) is 0 Å². The standard InChI is InChI=1S/C16H8F2N2O5/c17-16(18)23-11-5-4-9(7-12(11)24-16)14-19-13(20-25-14)8-2-1-3-10(6-8)15(21)22/h1-7H,(H,21,22). The lowest BCUT2D eigenvalue weighted by molar-refractivity contribution is -0.286. The van der Waals surface area contributed by atoms with E-state index in [0.29, 0.717) is 11.1 Å². The molecule has 2 heterocycles. The zero-order chi connectivity index (χ0) is 17.6. The average molecular weight is 346 g/mol. The number of aromatic nitrogens is 2. The van der Waals surface area contributed by atoms with Crippen LogP contribution in [-0.4, -0.2) is 27.5 Å². The van der Waals surface area contributed by atoms with E-state index in [1.165, 1.54) is 30.3 Å². The van der Waals surface area contributed by atoms with Crippen molar-refractivity contribution >= 4 is 5.97 Å². The van der Waals surface area contributed by atoms with Crippen LogP contribution >= 0.6 is 0 Å². The number of rotatable bonds is 3. The number of carboxylic acids is 1. The van der Waals surface area contributed by atoms with Crippen molar-refractivity contribution in [2.75, 3.05) is 0 Å². The van der Waals surface area contributed by atoms with E-state index in [2.05, 4.69) is 19.6 Å². The molecule has 0 saturated heterocycles. The van der Waals surface area contributed by atoms with Gasteiger partial charge in [-0.15, -0.1) is 8.78 Å². The van der Waals surface area contributed by atoms with Crippen LogP contribution in [0.1, 0.15) is 10.4 Å². The Bertz CT molecular complexity index is 986. The highest BCUT2D eigenvalue weighted by Crippen LogP contribution is 2.42. The van der Waals surface area contributed by atoms with Crippen LogP contribution in [-0.2, 0) is 0 Å². The molecule has 0 aliphatic carbocycles. The molecular weight excluding hydrogens is 338 g/mol. The second-order valence-corrected chi connectivity index (χ2v) is 5.14. The van der Waals surface area contributed by atoms with Gasteiger partial charge in [0.15, 0.2) is 11.5 Å². The Kier molecular flexibility index (Phi) is 3.17. The Morgan fingerprint density at radius 1 is 1.04 bits per heavy atom. The average Bonchev–Trinajstić information content (AvgIpc) is 3.17. The molecule has 1 N–H and O–H groups in total. The van der Waals surface area contributed by atoms with Gasteiger partial charge in [-0.3, -0.25) is 0 Å². The number of ether oxygens (including phenoxy) is 2. The Balaban J connectivity index is 1.67. The highest BCUT2D eigenvalue weighted by atomic mass is 19.3. The molecule has 25 heavy (non-hydrogen) atoms. The molecule has 126 valence electrons. The lowest BCUT2D eigenvalue weighted by Crippen LogP contribution is -2.25. The smallest absolute Gasteiger partial charge is 0.478 e. The largest absolute Gasteiger partial charge is 0.586 e. The van der Waals surface area contributed by atoms with E-state index < -0.39 is 12.3 Å². The maximum Gasteiger partial charge on any atom is 0.586 e. The topological polar surface area (TPSA) is 94.7 Å². The molecule has 0 fully saturated rings. The van der Waals surface area contributed by atoms with Gasteiger partial charge in [0.05, 0.1) is 5.56 Å². The van der Waals surface area contributed by atoms with Crippen molar-refractivity contribution in [2.45, 2.75) is 6.29 Å². The Labute approximate surface area is 138 Å². The summed E-state index contributed by atoms with van der Waals surface area (Å²) in [4.78, 5) is 15.2. The van der Waals surface area contributed by atoms with Crippen molar-refractivity contribution in [1.29, 1.82) is 0 Å². The number of alkyl halides is 2. The minimum atomic E-state index is -3.71. The monoisotopic (exact) mass is 346 g/mol. The van der Waals surface area contributed by atoms with Crippen molar-refractivity contribution in [3.63, 3.8) is 0 Å². The molecule has 0 spiro atoms. The number of nitrogens with zero attached hydrogens (tertiary/aromatic N) is 2. The minimum Gasteiger partial charge on any atom is -0.478 e. The molecule has 0 bridgehead atoms. The number of benzene rings is 2. The molecule has 9 heteroatoms.